The predicted octanol–water partition coefficient (Wildman–Crippen LogP) is 4.25. The van der Waals surface area contributed by atoms with Crippen molar-refractivity contribution in [1.82, 2.24) is 34.1 Å². The van der Waals surface area contributed by atoms with Gasteiger partial charge in [-0.05, 0) is 47.0 Å². The second kappa shape index (κ2) is 8.99. The molecular formula is C26H35N9O. The maximum Gasteiger partial charge on any atom is 0.203 e. The largest absolute Gasteiger partial charge is 0.377 e. The van der Waals surface area contributed by atoms with Crippen LogP contribution in [0.4, 0.5) is 11.6 Å². The third kappa shape index (κ3) is 4.17. The fourth-order valence-corrected chi connectivity index (χ4v) is 5.27. The molecule has 1 saturated heterocycles. The summed E-state index contributed by atoms with van der Waals surface area (Å²) in [4.78, 5) is 17.3. The molecule has 10 heteroatoms. The Kier molecular flexibility index (Phi) is 5.78. The molecule has 2 fully saturated rings. The summed E-state index contributed by atoms with van der Waals surface area (Å²) in [6.07, 6.45) is 7.69. The van der Waals surface area contributed by atoms with Crippen molar-refractivity contribution in [3.8, 4) is 11.5 Å². The Labute approximate surface area is 211 Å². The Hall–Kier alpha value is -3.27. The van der Waals surface area contributed by atoms with Crippen LogP contribution in [0, 0.1) is 12.8 Å². The van der Waals surface area contributed by atoms with Gasteiger partial charge in [-0.3, -0.25) is 4.40 Å². The minimum atomic E-state index is 0.212. The van der Waals surface area contributed by atoms with Crippen LogP contribution in [-0.2, 0) is 4.74 Å². The quantitative estimate of drug-likeness (QED) is 0.411. The Bertz CT molecular complexity index is 1400. The van der Waals surface area contributed by atoms with Crippen molar-refractivity contribution in [3.63, 3.8) is 0 Å². The third-order valence-corrected chi connectivity index (χ3v) is 7.25. The number of ether oxygens (including phenoxy) is 1. The maximum absolute atomic E-state index is 5.66. The molecule has 1 aliphatic carbocycles. The molecule has 190 valence electrons. The van der Waals surface area contributed by atoms with E-state index in [9.17, 15) is 0 Å². The summed E-state index contributed by atoms with van der Waals surface area (Å²) in [5, 5.41) is 12.1. The molecule has 0 aromatic carbocycles. The Balaban J connectivity index is 1.53. The Morgan fingerprint density at radius 1 is 1.17 bits per heavy atom. The second-order valence-electron chi connectivity index (χ2n) is 10.7. The van der Waals surface area contributed by atoms with Crippen molar-refractivity contribution in [1.29, 1.82) is 0 Å². The summed E-state index contributed by atoms with van der Waals surface area (Å²) in [7, 11) is 0. The van der Waals surface area contributed by atoms with Crippen LogP contribution in [-0.4, -0.2) is 66.0 Å². The van der Waals surface area contributed by atoms with Gasteiger partial charge in [0.15, 0.2) is 11.6 Å². The smallest absolute Gasteiger partial charge is 0.203 e. The Morgan fingerprint density at radius 3 is 2.75 bits per heavy atom. The monoisotopic (exact) mass is 489 g/mol. The molecule has 2 aliphatic rings. The highest BCUT2D eigenvalue weighted by atomic mass is 16.5. The number of imidazole rings is 1. The number of hydrogen-bond donors (Lipinski definition) is 1. The number of anilines is 2. The fraction of sp³-hybridized carbons (Fsp3) is 0.577. The Morgan fingerprint density at radius 2 is 2.00 bits per heavy atom. The zero-order valence-corrected chi connectivity index (χ0v) is 21.8. The van der Waals surface area contributed by atoms with Crippen molar-refractivity contribution in [3.05, 3.63) is 24.3 Å². The SMILES string of the molecule is Cc1nnc2c(NC(C)C)nc(-c3nc4cnc(N5CCOC[C@H]5C)cc4n3C(C)CC3CC3)cn12. The van der Waals surface area contributed by atoms with E-state index in [0.29, 0.717) is 0 Å². The zero-order valence-electron chi connectivity index (χ0n) is 21.8. The first-order valence-electron chi connectivity index (χ1n) is 13.1. The van der Waals surface area contributed by atoms with E-state index in [4.69, 9.17) is 19.7 Å². The first-order valence-corrected chi connectivity index (χ1v) is 13.1. The van der Waals surface area contributed by atoms with Gasteiger partial charge in [-0.1, -0.05) is 12.8 Å². The molecular weight excluding hydrogens is 454 g/mol. The van der Waals surface area contributed by atoms with Gasteiger partial charge in [-0.15, -0.1) is 10.2 Å². The minimum absolute atomic E-state index is 0.212. The molecule has 1 aliphatic heterocycles. The minimum Gasteiger partial charge on any atom is -0.377 e. The van der Waals surface area contributed by atoms with Crippen LogP contribution in [0.5, 0.6) is 0 Å². The summed E-state index contributed by atoms with van der Waals surface area (Å²) in [6, 6.07) is 2.99. The lowest BCUT2D eigenvalue weighted by atomic mass is 10.1. The van der Waals surface area contributed by atoms with Gasteiger partial charge < -0.3 is 19.5 Å². The van der Waals surface area contributed by atoms with E-state index in [1.54, 1.807) is 0 Å². The predicted molar refractivity (Wildman–Crippen MR) is 140 cm³/mol. The highest BCUT2D eigenvalue weighted by molar-refractivity contribution is 5.82. The van der Waals surface area contributed by atoms with Crippen molar-refractivity contribution < 1.29 is 4.74 Å². The van der Waals surface area contributed by atoms with Crippen molar-refractivity contribution >= 4 is 28.3 Å². The summed E-state index contributed by atoms with van der Waals surface area (Å²) in [6.45, 7) is 12.9. The van der Waals surface area contributed by atoms with Crippen LogP contribution in [0.3, 0.4) is 0 Å². The summed E-state index contributed by atoms with van der Waals surface area (Å²) >= 11 is 0. The van der Waals surface area contributed by atoms with Gasteiger partial charge in [0.05, 0.1) is 31.0 Å². The third-order valence-electron chi connectivity index (χ3n) is 7.25. The average Bonchev–Trinajstić information content (AvgIpc) is 3.46. The normalized spacial score (nSPS) is 19.5. The number of aryl methyl sites for hydroxylation is 1. The van der Waals surface area contributed by atoms with Crippen molar-refractivity contribution in [2.75, 3.05) is 30.0 Å². The summed E-state index contributed by atoms with van der Waals surface area (Å²) in [5.74, 6) is 4.16. The number of nitrogens with zero attached hydrogens (tertiary/aromatic N) is 8. The molecule has 1 unspecified atom stereocenters. The van der Waals surface area contributed by atoms with Gasteiger partial charge in [0.2, 0.25) is 5.65 Å². The number of hydrogen-bond acceptors (Lipinski definition) is 8. The van der Waals surface area contributed by atoms with E-state index in [2.05, 4.69) is 58.7 Å². The molecule has 10 nitrogen and oxygen atoms in total. The highest BCUT2D eigenvalue weighted by Crippen LogP contribution is 2.40. The van der Waals surface area contributed by atoms with Crippen LogP contribution >= 0.6 is 0 Å². The molecule has 2 atom stereocenters. The number of fused-ring (bicyclic) bond motifs is 2. The van der Waals surface area contributed by atoms with Crippen LogP contribution < -0.4 is 10.2 Å². The lowest BCUT2D eigenvalue weighted by Crippen LogP contribution is -2.44. The van der Waals surface area contributed by atoms with E-state index in [0.717, 1.165) is 77.8 Å². The van der Waals surface area contributed by atoms with Crippen molar-refractivity contribution in [2.45, 2.75) is 72.0 Å². The van der Waals surface area contributed by atoms with Gasteiger partial charge in [0, 0.05) is 30.9 Å². The maximum atomic E-state index is 5.66. The standard InChI is InChI=1S/C26H35N9O/c1-15(2)28-24-26-32-31-18(5)34(26)13-21(29-24)25-30-20-12-27-23(33-8-9-36-14-17(33)4)11-22(20)35(25)16(3)10-19-6-7-19/h11-13,15-17,19H,6-10,14H2,1-5H3,(H,28,29)/t16?,17-/m1/s1. The number of morpholine rings is 1. The van der Waals surface area contributed by atoms with Crippen LogP contribution in [0.1, 0.15) is 58.8 Å². The molecule has 4 aromatic heterocycles. The van der Waals surface area contributed by atoms with E-state index in [-0.39, 0.29) is 18.1 Å². The molecule has 1 saturated carbocycles. The topological polar surface area (TPSA) is 98.3 Å². The number of rotatable bonds is 7. The number of nitrogens with one attached hydrogen (secondary N) is 1. The van der Waals surface area contributed by atoms with Gasteiger partial charge in [0.1, 0.15) is 22.9 Å². The average molecular weight is 490 g/mol. The van der Waals surface area contributed by atoms with E-state index in [1.165, 1.54) is 12.8 Å². The van der Waals surface area contributed by atoms with E-state index >= 15 is 0 Å². The summed E-state index contributed by atoms with van der Waals surface area (Å²) < 4.78 is 10.0. The first kappa shape index (κ1) is 23.1. The molecule has 0 radical (unpaired) electrons. The molecule has 4 aromatic rings. The molecule has 0 bridgehead atoms. The lowest BCUT2D eigenvalue weighted by molar-refractivity contribution is 0.0985. The first-order chi connectivity index (χ1) is 17.4. The number of pyridine rings is 1. The van der Waals surface area contributed by atoms with Crippen molar-refractivity contribution in [2.24, 2.45) is 5.92 Å². The fourth-order valence-electron chi connectivity index (χ4n) is 5.27. The number of aromatic nitrogens is 7. The molecule has 36 heavy (non-hydrogen) atoms. The molecule has 1 N–H and O–H groups in total. The van der Waals surface area contributed by atoms with Gasteiger partial charge >= 0.3 is 0 Å². The molecule has 5 heterocycles. The van der Waals surface area contributed by atoms with Gasteiger partial charge in [-0.2, -0.15) is 0 Å². The van der Waals surface area contributed by atoms with Gasteiger partial charge in [0.25, 0.3) is 0 Å². The van der Waals surface area contributed by atoms with E-state index in [1.807, 2.05) is 23.7 Å². The second-order valence-corrected chi connectivity index (χ2v) is 10.7. The zero-order chi connectivity index (χ0) is 25.0. The molecule has 6 rings (SSSR count). The van der Waals surface area contributed by atoms with Crippen LogP contribution in [0.25, 0.3) is 28.2 Å². The summed E-state index contributed by atoms with van der Waals surface area (Å²) in [5.41, 5.74) is 3.51. The van der Waals surface area contributed by atoms with Crippen LogP contribution in [0.2, 0.25) is 0 Å². The highest BCUT2D eigenvalue weighted by Gasteiger charge is 2.29. The molecule has 0 amide bonds. The lowest BCUT2D eigenvalue weighted by Gasteiger charge is -2.34. The van der Waals surface area contributed by atoms with Gasteiger partial charge in [-0.25, -0.2) is 15.0 Å². The molecule has 0 spiro atoms. The van der Waals surface area contributed by atoms with E-state index < -0.39 is 0 Å². The van der Waals surface area contributed by atoms with Crippen LogP contribution in [0.15, 0.2) is 18.5 Å².